The van der Waals surface area contributed by atoms with Gasteiger partial charge in [-0.3, -0.25) is 4.79 Å². The summed E-state index contributed by atoms with van der Waals surface area (Å²) in [5.74, 6) is -3.15. The highest BCUT2D eigenvalue weighted by Gasteiger charge is 2.87. The number of halogens is 9. The zero-order valence-corrected chi connectivity index (χ0v) is 14.2. The number of amides is 1. The van der Waals surface area contributed by atoms with Crippen LogP contribution in [0.3, 0.4) is 0 Å². The highest BCUT2D eigenvalue weighted by atomic mass is 19.4. The van der Waals surface area contributed by atoms with E-state index in [9.17, 15) is 44.3 Å². The largest absolute Gasteiger partial charge is 0.421 e. The second-order valence-corrected chi connectivity index (χ2v) is 5.97. The molecular formula is C15H22F9NO. The van der Waals surface area contributed by atoms with Crippen LogP contribution in [0.15, 0.2) is 0 Å². The number of rotatable bonds is 10. The van der Waals surface area contributed by atoms with E-state index >= 15 is 0 Å². The first-order valence-corrected chi connectivity index (χ1v) is 8.22. The molecule has 0 atom stereocenters. The summed E-state index contributed by atoms with van der Waals surface area (Å²) in [4.78, 5) is 11.3. The van der Waals surface area contributed by atoms with Crippen molar-refractivity contribution in [1.29, 1.82) is 0 Å². The highest BCUT2D eigenvalue weighted by molar-refractivity contribution is 5.85. The molecule has 0 aromatic rings. The molecule has 0 radical (unpaired) electrons. The second kappa shape index (κ2) is 9.68. The summed E-state index contributed by atoms with van der Waals surface area (Å²) in [5.41, 5.74) is -6.44. The first-order chi connectivity index (χ1) is 11.7. The van der Waals surface area contributed by atoms with E-state index < -0.39 is 36.4 Å². The first kappa shape index (κ1) is 24.8. The van der Waals surface area contributed by atoms with Gasteiger partial charge in [0.15, 0.2) is 0 Å². The van der Waals surface area contributed by atoms with E-state index in [1.807, 2.05) is 6.92 Å². The molecule has 0 aliphatic heterocycles. The minimum absolute atomic E-state index is 0.0107. The van der Waals surface area contributed by atoms with Gasteiger partial charge in [-0.2, -0.15) is 39.5 Å². The Kier molecular flexibility index (Phi) is 9.25. The van der Waals surface area contributed by atoms with Crippen LogP contribution in [0.25, 0.3) is 0 Å². The van der Waals surface area contributed by atoms with E-state index in [0.717, 1.165) is 37.4 Å². The standard InChI is InChI=1S/C15H22F9NO/c1-2-3-4-5-6-7-8-9-10-25-11(26)12(13(16,17)18,14(19,20)21)15(22,23)24/h2-10H2,1H3,(H,25,26). The fourth-order valence-electron chi connectivity index (χ4n) is 2.46. The van der Waals surface area contributed by atoms with Gasteiger partial charge in [0.1, 0.15) is 0 Å². The third kappa shape index (κ3) is 5.94. The molecule has 2 nitrogen and oxygen atoms in total. The van der Waals surface area contributed by atoms with Crippen molar-refractivity contribution in [3.63, 3.8) is 0 Å². The maximum Gasteiger partial charge on any atom is 0.421 e. The van der Waals surface area contributed by atoms with Gasteiger partial charge >= 0.3 is 23.9 Å². The van der Waals surface area contributed by atoms with Crippen molar-refractivity contribution >= 4 is 5.91 Å². The summed E-state index contributed by atoms with van der Waals surface area (Å²) in [7, 11) is 0. The molecule has 0 aromatic heterocycles. The number of alkyl halides is 9. The second-order valence-electron chi connectivity index (χ2n) is 5.97. The topological polar surface area (TPSA) is 29.1 Å². The number of unbranched alkanes of at least 4 members (excludes halogenated alkanes) is 7. The molecule has 0 unspecified atom stereocenters. The molecule has 156 valence electrons. The van der Waals surface area contributed by atoms with Crippen LogP contribution in [0.5, 0.6) is 0 Å². The molecule has 0 fully saturated rings. The molecule has 26 heavy (non-hydrogen) atoms. The normalized spacial score (nSPS) is 13.8. The smallest absolute Gasteiger partial charge is 0.355 e. The van der Waals surface area contributed by atoms with E-state index in [0.29, 0.717) is 12.8 Å². The van der Waals surface area contributed by atoms with Crippen LogP contribution in [-0.4, -0.2) is 31.0 Å². The van der Waals surface area contributed by atoms with E-state index in [-0.39, 0.29) is 6.42 Å². The summed E-state index contributed by atoms with van der Waals surface area (Å²) in [6.45, 7) is 1.32. The van der Waals surface area contributed by atoms with E-state index in [2.05, 4.69) is 0 Å². The van der Waals surface area contributed by atoms with Gasteiger partial charge in [-0.1, -0.05) is 51.9 Å². The first-order valence-electron chi connectivity index (χ1n) is 8.22. The van der Waals surface area contributed by atoms with Crippen LogP contribution in [-0.2, 0) is 4.79 Å². The van der Waals surface area contributed by atoms with Crippen LogP contribution < -0.4 is 5.32 Å². The van der Waals surface area contributed by atoms with Crippen LogP contribution in [0.2, 0.25) is 0 Å². The van der Waals surface area contributed by atoms with Crippen LogP contribution >= 0.6 is 0 Å². The summed E-state index contributed by atoms with van der Waals surface area (Å²) in [6, 6.07) is 0. The van der Waals surface area contributed by atoms with Crippen molar-refractivity contribution in [2.24, 2.45) is 5.41 Å². The maximum absolute atomic E-state index is 12.7. The summed E-state index contributed by atoms with van der Waals surface area (Å²) in [5, 5.41) is 1.16. The quantitative estimate of drug-likeness (QED) is 0.356. The molecule has 0 rings (SSSR count). The van der Waals surface area contributed by atoms with Crippen molar-refractivity contribution in [2.45, 2.75) is 76.8 Å². The van der Waals surface area contributed by atoms with Crippen LogP contribution in [0.1, 0.15) is 58.3 Å². The van der Waals surface area contributed by atoms with Gasteiger partial charge in [-0.15, -0.1) is 0 Å². The minimum Gasteiger partial charge on any atom is -0.355 e. The Morgan fingerprint density at radius 2 is 1.00 bits per heavy atom. The van der Waals surface area contributed by atoms with Crippen LogP contribution in [0.4, 0.5) is 39.5 Å². The van der Waals surface area contributed by atoms with E-state index in [4.69, 9.17) is 0 Å². The maximum atomic E-state index is 12.7. The van der Waals surface area contributed by atoms with Gasteiger partial charge in [-0.25, -0.2) is 0 Å². The minimum atomic E-state index is -6.87. The zero-order valence-electron chi connectivity index (χ0n) is 14.2. The lowest BCUT2D eigenvalue weighted by Gasteiger charge is -2.36. The van der Waals surface area contributed by atoms with Gasteiger partial charge in [0.2, 0.25) is 0 Å². The van der Waals surface area contributed by atoms with Crippen molar-refractivity contribution in [2.75, 3.05) is 6.54 Å². The van der Waals surface area contributed by atoms with Crippen LogP contribution in [0, 0.1) is 5.41 Å². The number of nitrogens with one attached hydrogen (secondary N) is 1. The van der Waals surface area contributed by atoms with Gasteiger partial charge < -0.3 is 5.32 Å². The van der Waals surface area contributed by atoms with Crippen molar-refractivity contribution in [3.8, 4) is 0 Å². The lowest BCUT2D eigenvalue weighted by Crippen LogP contribution is -2.67. The molecule has 1 amide bonds. The Morgan fingerprint density at radius 1 is 0.654 bits per heavy atom. The lowest BCUT2D eigenvalue weighted by molar-refractivity contribution is -0.406. The Labute approximate surface area is 145 Å². The number of carbonyl (C=O) groups excluding carboxylic acids is 1. The Balaban J connectivity index is 4.79. The predicted octanol–water partition coefficient (Wildman–Crippen LogP) is 5.92. The van der Waals surface area contributed by atoms with E-state index in [1.165, 1.54) is 0 Å². The molecule has 1 N–H and O–H groups in total. The van der Waals surface area contributed by atoms with Gasteiger partial charge in [0, 0.05) is 6.54 Å². The summed E-state index contributed by atoms with van der Waals surface area (Å²) in [6.07, 6.45) is -14.8. The SMILES string of the molecule is CCCCCCCCCCNC(=O)C(C(F)(F)F)(C(F)(F)F)C(F)(F)F. The molecule has 0 spiro atoms. The molecule has 0 heterocycles. The Hall–Kier alpha value is -1.16. The fraction of sp³-hybridized carbons (Fsp3) is 0.933. The molecule has 0 bridgehead atoms. The van der Waals surface area contributed by atoms with E-state index in [1.54, 1.807) is 0 Å². The lowest BCUT2D eigenvalue weighted by atomic mass is 9.84. The zero-order chi connectivity index (χ0) is 20.6. The average Bonchev–Trinajstić information content (AvgIpc) is 2.41. The monoisotopic (exact) mass is 403 g/mol. The molecule has 0 aliphatic rings. The molecule has 0 saturated heterocycles. The third-order valence-electron chi connectivity index (χ3n) is 3.93. The number of carbonyl (C=O) groups is 1. The number of hydrogen-bond donors (Lipinski definition) is 1. The van der Waals surface area contributed by atoms with Crippen molar-refractivity contribution < 1.29 is 44.3 Å². The molecule has 11 heteroatoms. The van der Waals surface area contributed by atoms with Gasteiger partial charge in [0.25, 0.3) is 5.91 Å². The predicted molar refractivity (Wildman–Crippen MR) is 76.2 cm³/mol. The molecular weight excluding hydrogens is 381 g/mol. The molecule has 0 aromatic carbocycles. The van der Waals surface area contributed by atoms with Crippen molar-refractivity contribution in [1.82, 2.24) is 5.32 Å². The Morgan fingerprint density at radius 3 is 1.35 bits per heavy atom. The Bertz CT molecular complexity index is 390. The fourth-order valence-corrected chi connectivity index (χ4v) is 2.46. The molecule has 0 aliphatic carbocycles. The highest BCUT2D eigenvalue weighted by Crippen LogP contribution is 2.59. The third-order valence-corrected chi connectivity index (χ3v) is 3.93. The van der Waals surface area contributed by atoms with Gasteiger partial charge in [-0.05, 0) is 6.42 Å². The van der Waals surface area contributed by atoms with Gasteiger partial charge in [0.05, 0.1) is 0 Å². The number of hydrogen-bond acceptors (Lipinski definition) is 1. The average molecular weight is 403 g/mol. The summed E-state index contributed by atoms with van der Waals surface area (Å²) < 4.78 is 114. The molecule has 0 saturated carbocycles. The van der Waals surface area contributed by atoms with Crippen molar-refractivity contribution in [3.05, 3.63) is 0 Å². The summed E-state index contributed by atoms with van der Waals surface area (Å²) >= 11 is 0.